The van der Waals surface area contributed by atoms with Crippen molar-refractivity contribution in [3.05, 3.63) is 26.8 Å². The third-order valence-corrected chi connectivity index (χ3v) is 2.44. The van der Waals surface area contributed by atoms with Crippen molar-refractivity contribution < 1.29 is 4.79 Å². The Morgan fingerprint density at radius 3 is 2.69 bits per heavy atom. The molecule has 0 spiro atoms. The first-order chi connectivity index (χ1) is 6.06. The van der Waals surface area contributed by atoms with Gasteiger partial charge in [-0.25, -0.2) is 0 Å². The van der Waals surface area contributed by atoms with Gasteiger partial charge in [-0.05, 0) is 41.6 Å². The van der Waals surface area contributed by atoms with Crippen molar-refractivity contribution >= 4 is 34.1 Å². The van der Waals surface area contributed by atoms with E-state index in [1.54, 1.807) is 6.07 Å². The first-order valence-electron chi connectivity index (χ1n) is 3.56. The summed E-state index contributed by atoms with van der Waals surface area (Å²) in [5, 5.41) is 8.76. The molecule has 0 saturated carbocycles. The second-order valence-corrected chi connectivity index (χ2v) is 3.76. The highest BCUT2D eigenvalue weighted by molar-refractivity contribution is 14.1. The minimum atomic E-state index is -0.110. The molecule has 2 N–H and O–H groups in total. The standard InChI is InChI=1S/C9H7IN2O/c1-5(13)9-6(4-11)2-7(12)3-8(9)10/h2-3H,12H2,1H3. The fourth-order valence-electron chi connectivity index (χ4n) is 1.07. The molecule has 0 bridgehead atoms. The van der Waals surface area contributed by atoms with E-state index >= 15 is 0 Å². The maximum Gasteiger partial charge on any atom is 0.162 e. The van der Waals surface area contributed by atoms with Gasteiger partial charge >= 0.3 is 0 Å². The Morgan fingerprint density at radius 2 is 2.23 bits per heavy atom. The normalized spacial score (nSPS) is 9.31. The molecule has 0 heterocycles. The summed E-state index contributed by atoms with van der Waals surface area (Å²) in [5.41, 5.74) is 6.84. The number of ketones is 1. The average molecular weight is 286 g/mol. The third kappa shape index (κ3) is 1.98. The predicted molar refractivity (Wildman–Crippen MR) is 58.3 cm³/mol. The number of benzene rings is 1. The summed E-state index contributed by atoms with van der Waals surface area (Å²) in [5.74, 6) is -0.110. The van der Waals surface area contributed by atoms with Gasteiger partial charge in [0.15, 0.2) is 5.78 Å². The van der Waals surface area contributed by atoms with Gasteiger partial charge in [0.25, 0.3) is 0 Å². The SMILES string of the molecule is CC(=O)c1c(I)cc(N)cc1C#N. The number of hydrogen-bond donors (Lipinski definition) is 1. The number of nitrogens with two attached hydrogens (primary N) is 1. The summed E-state index contributed by atoms with van der Waals surface area (Å²) in [6.07, 6.45) is 0. The van der Waals surface area contributed by atoms with Gasteiger partial charge in [-0.1, -0.05) is 0 Å². The number of Topliss-reactive ketones (excluding diaryl/α,β-unsaturated/α-hetero) is 1. The summed E-state index contributed by atoms with van der Waals surface area (Å²) in [4.78, 5) is 11.2. The van der Waals surface area contributed by atoms with Crippen molar-refractivity contribution in [2.45, 2.75) is 6.92 Å². The average Bonchev–Trinajstić information content (AvgIpc) is 2.01. The van der Waals surface area contributed by atoms with Gasteiger partial charge in [-0.3, -0.25) is 4.79 Å². The first kappa shape index (κ1) is 9.99. The van der Waals surface area contributed by atoms with Crippen LogP contribution in [-0.4, -0.2) is 5.78 Å². The molecule has 13 heavy (non-hydrogen) atoms. The van der Waals surface area contributed by atoms with Gasteiger partial charge in [0.1, 0.15) is 0 Å². The number of halogens is 1. The number of nitrogen functional groups attached to an aromatic ring is 1. The molecule has 0 atom stereocenters. The molecule has 0 aromatic heterocycles. The van der Waals surface area contributed by atoms with E-state index in [2.05, 4.69) is 0 Å². The summed E-state index contributed by atoms with van der Waals surface area (Å²) in [7, 11) is 0. The lowest BCUT2D eigenvalue weighted by atomic mass is 10.0. The maximum absolute atomic E-state index is 11.2. The Bertz CT molecular complexity index is 407. The monoisotopic (exact) mass is 286 g/mol. The smallest absolute Gasteiger partial charge is 0.162 e. The highest BCUT2D eigenvalue weighted by atomic mass is 127. The zero-order chi connectivity index (χ0) is 10.0. The topological polar surface area (TPSA) is 66.9 Å². The Kier molecular flexibility index (Phi) is 2.88. The molecule has 4 heteroatoms. The number of anilines is 1. The lowest BCUT2D eigenvalue weighted by Crippen LogP contribution is -2.02. The van der Waals surface area contributed by atoms with Crippen LogP contribution < -0.4 is 5.73 Å². The van der Waals surface area contributed by atoms with Gasteiger partial charge in [0.2, 0.25) is 0 Å². The van der Waals surface area contributed by atoms with Crippen molar-refractivity contribution in [2.75, 3.05) is 5.73 Å². The van der Waals surface area contributed by atoms with Gasteiger partial charge in [-0.2, -0.15) is 5.26 Å². The first-order valence-corrected chi connectivity index (χ1v) is 4.64. The van der Waals surface area contributed by atoms with Crippen LogP contribution in [0.1, 0.15) is 22.8 Å². The van der Waals surface area contributed by atoms with E-state index in [0.717, 1.165) is 3.57 Å². The number of carbonyl (C=O) groups is 1. The largest absolute Gasteiger partial charge is 0.399 e. The Hall–Kier alpha value is -1.09. The number of carbonyl (C=O) groups excluding carboxylic acids is 1. The Morgan fingerprint density at radius 1 is 1.62 bits per heavy atom. The molecule has 1 aromatic rings. The molecule has 0 aliphatic heterocycles. The minimum absolute atomic E-state index is 0.110. The number of hydrogen-bond acceptors (Lipinski definition) is 3. The number of nitrogens with zero attached hydrogens (tertiary/aromatic N) is 1. The van der Waals surface area contributed by atoms with Gasteiger partial charge in [0.05, 0.1) is 11.6 Å². The van der Waals surface area contributed by atoms with Crippen LogP contribution in [0.15, 0.2) is 12.1 Å². The summed E-state index contributed by atoms with van der Waals surface area (Å²) in [6, 6.07) is 5.14. The maximum atomic E-state index is 11.2. The van der Waals surface area contributed by atoms with Crippen LogP contribution in [0.25, 0.3) is 0 Å². The second-order valence-electron chi connectivity index (χ2n) is 2.59. The van der Waals surface area contributed by atoms with Crippen LogP contribution in [0.3, 0.4) is 0 Å². The summed E-state index contributed by atoms with van der Waals surface area (Å²) < 4.78 is 0.724. The molecular formula is C9H7IN2O. The zero-order valence-electron chi connectivity index (χ0n) is 6.97. The Labute approximate surface area is 89.7 Å². The highest BCUT2D eigenvalue weighted by Crippen LogP contribution is 2.20. The molecule has 0 radical (unpaired) electrons. The molecule has 1 rings (SSSR count). The van der Waals surface area contributed by atoms with E-state index in [-0.39, 0.29) is 5.78 Å². The van der Waals surface area contributed by atoms with Gasteiger partial charge in [-0.15, -0.1) is 0 Å². The van der Waals surface area contributed by atoms with Crippen molar-refractivity contribution in [3.63, 3.8) is 0 Å². The summed E-state index contributed by atoms with van der Waals surface area (Å²) in [6.45, 7) is 1.44. The number of nitriles is 1. The van der Waals surface area contributed by atoms with E-state index < -0.39 is 0 Å². The molecule has 0 unspecified atom stereocenters. The van der Waals surface area contributed by atoms with Crippen LogP contribution in [0.5, 0.6) is 0 Å². The summed E-state index contributed by atoms with van der Waals surface area (Å²) >= 11 is 2.00. The molecule has 0 fully saturated rings. The van der Waals surface area contributed by atoms with Crippen LogP contribution >= 0.6 is 22.6 Å². The molecule has 1 aromatic carbocycles. The minimum Gasteiger partial charge on any atom is -0.399 e. The van der Waals surface area contributed by atoms with E-state index in [4.69, 9.17) is 11.0 Å². The van der Waals surface area contributed by atoms with Gasteiger partial charge < -0.3 is 5.73 Å². The highest BCUT2D eigenvalue weighted by Gasteiger charge is 2.11. The molecule has 0 amide bonds. The quantitative estimate of drug-likeness (QED) is 0.487. The van der Waals surface area contributed by atoms with Crippen molar-refractivity contribution in [1.29, 1.82) is 5.26 Å². The van der Waals surface area contributed by atoms with E-state index in [1.165, 1.54) is 13.0 Å². The van der Waals surface area contributed by atoms with Crippen LogP contribution in [0.2, 0.25) is 0 Å². The second kappa shape index (κ2) is 3.75. The van der Waals surface area contributed by atoms with Crippen LogP contribution in [0, 0.1) is 14.9 Å². The molecular weight excluding hydrogens is 279 g/mol. The number of rotatable bonds is 1. The fraction of sp³-hybridized carbons (Fsp3) is 0.111. The Balaban J connectivity index is 3.50. The molecule has 0 saturated heterocycles. The third-order valence-electron chi connectivity index (χ3n) is 1.59. The van der Waals surface area contributed by atoms with Crippen molar-refractivity contribution in [3.8, 4) is 6.07 Å². The molecule has 0 aliphatic rings. The van der Waals surface area contributed by atoms with Crippen LogP contribution in [0.4, 0.5) is 5.69 Å². The fourth-order valence-corrected chi connectivity index (χ4v) is 2.10. The lowest BCUT2D eigenvalue weighted by Gasteiger charge is -2.03. The van der Waals surface area contributed by atoms with E-state index in [9.17, 15) is 4.79 Å². The van der Waals surface area contributed by atoms with Crippen molar-refractivity contribution in [2.24, 2.45) is 0 Å². The van der Waals surface area contributed by atoms with Crippen molar-refractivity contribution in [1.82, 2.24) is 0 Å². The predicted octanol–water partition coefficient (Wildman–Crippen LogP) is 1.95. The van der Waals surface area contributed by atoms with Crippen LogP contribution in [-0.2, 0) is 0 Å². The molecule has 66 valence electrons. The van der Waals surface area contributed by atoms with E-state index in [1.807, 2.05) is 28.7 Å². The lowest BCUT2D eigenvalue weighted by molar-refractivity contribution is 0.101. The van der Waals surface area contributed by atoms with E-state index in [0.29, 0.717) is 16.8 Å². The zero-order valence-corrected chi connectivity index (χ0v) is 9.12. The van der Waals surface area contributed by atoms with Gasteiger partial charge in [0, 0.05) is 14.8 Å². The molecule has 3 nitrogen and oxygen atoms in total. The molecule has 0 aliphatic carbocycles.